The van der Waals surface area contributed by atoms with Gasteiger partial charge in [0.25, 0.3) is 5.56 Å². The highest BCUT2D eigenvalue weighted by molar-refractivity contribution is 7.98. The summed E-state index contributed by atoms with van der Waals surface area (Å²) in [4.78, 5) is 17.7. The van der Waals surface area contributed by atoms with Gasteiger partial charge in [-0.2, -0.15) is 0 Å². The van der Waals surface area contributed by atoms with Crippen molar-refractivity contribution in [1.82, 2.24) is 9.97 Å². The number of hydrogen-bond acceptors (Lipinski definition) is 4. The molecule has 0 aromatic carbocycles. The van der Waals surface area contributed by atoms with Crippen LogP contribution in [0.4, 0.5) is 0 Å². The number of nitrogens with zero attached hydrogens (tertiary/aromatic N) is 1. The van der Waals surface area contributed by atoms with Crippen LogP contribution in [0.2, 0.25) is 5.02 Å². The second kappa shape index (κ2) is 4.64. The van der Waals surface area contributed by atoms with Gasteiger partial charge in [-0.05, 0) is 6.26 Å². The molecule has 0 saturated heterocycles. The number of H-pyrrole nitrogens is 1. The zero-order valence-corrected chi connectivity index (χ0v) is 8.58. The van der Waals surface area contributed by atoms with Crippen molar-refractivity contribution in [2.75, 3.05) is 12.9 Å². The Morgan fingerprint density at radius 3 is 2.92 bits per heavy atom. The van der Waals surface area contributed by atoms with Crippen molar-refractivity contribution in [3.63, 3.8) is 0 Å². The topological polar surface area (TPSA) is 66.0 Å². The summed E-state index contributed by atoms with van der Waals surface area (Å²) in [5, 5.41) is 9.25. The molecule has 72 valence electrons. The van der Waals surface area contributed by atoms with Crippen molar-refractivity contribution in [2.45, 2.75) is 11.6 Å². The Balaban J connectivity index is 3.17. The van der Waals surface area contributed by atoms with E-state index in [0.717, 1.165) is 0 Å². The lowest BCUT2D eigenvalue weighted by atomic mass is 10.3. The van der Waals surface area contributed by atoms with E-state index in [1.165, 1.54) is 11.8 Å². The van der Waals surface area contributed by atoms with Gasteiger partial charge in [-0.1, -0.05) is 23.4 Å². The molecule has 0 aliphatic carbocycles. The van der Waals surface area contributed by atoms with Gasteiger partial charge in [0, 0.05) is 13.0 Å². The molecule has 1 aromatic rings. The lowest BCUT2D eigenvalue weighted by molar-refractivity contribution is 0.298. The zero-order valence-electron chi connectivity index (χ0n) is 7.00. The largest absolute Gasteiger partial charge is 0.396 e. The standard InChI is InChI=1S/C7H9ClN2O2S/c1-13-7-9-4(2-3-11)5(8)6(12)10-7/h11H,2-3H2,1H3,(H,9,10,12). The highest BCUT2D eigenvalue weighted by atomic mass is 35.5. The predicted molar refractivity (Wildman–Crippen MR) is 52.4 cm³/mol. The number of halogens is 1. The molecule has 1 rings (SSSR count). The van der Waals surface area contributed by atoms with Crippen LogP contribution in [-0.4, -0.2) is 27.9 Å². The summed E-state index contributed by atoms with van der Waals surface area (Å²) in [7, 11) is 0. The molecule has 0 aliphatic rings. The SMILES string of the molecule is CSc1nc(CCO)c(Cl)c(=O)[nH]1. The maximum Gasteiger partial charge on any atom is 0.270 e. The lowest BCUT2D eigenvalue weighted by Gasteiger charge is -2.02. The molecule has 0 atom stereocenters. The minimum absolute atomic E-state index is 0.0619. The molecule has 1 heterocycles. The molecule has 0 fully saturated rings. The van der Waals surface area contributed by atoms with E-state index in [9.17, 15) is 4.79 Å². The fourth-order valence-corrected chi connectivity index (χ4v) is 1.43. The van der Waals surface area contributed by atoms with Crippen LogP contribution in [-0.2, 0) is 6.42 Å². The average Bonchev–Trinajstić information content (AvgIpc) is 2.13. The normalized spacial score (nSPS) is 10.4. The third-order valence-electron chi connectivity index (χ3n) is 1.45. The van der Waals surface area contributed by atoms with Crippen molar-refractivity contribution in [3.05, 3.63) is 21.1 Å². The molecule has 0 radical (unpaired) electrons. The van der Waals surface area contributed by atoms with Gasteiger partial charge in [0.05, 0.1) is 5.69 Å². The first kappa shape index (κ1) is 10.6. The number of aliphatic hydroxyl groups excluding tert-OH is 1. The molecular formula is C7H9ClN2O2S. The Labute approximate surface area is 84.3 Å². The maximum atomic E-state index is 11.2. The van der Waals surface area contributed by atoms with Gasteiger partial charge < -0.3 is 10.1 Å². The van der Waals surface area contributed by atoms with E-state index in [-0.39, 0.29) is 17.2 Å². The molecule has 0 aliphatic heterocycles. The highest BCUT2D eigenvalue weighted by Gasteiger charge is 2.07. The minimum atomic E-state index is -0.357. The van der Waals surface area contributed by atoms with Crippen LogP contribution in [0.3, 0.4) is 0 Å². The van der Waals surface area contributed by atoms with Gasteiger partial charge in [0.2, 0.25) is 0 Å². The van der Waals surface area contributed by atoms with Crippen molar-refractivity contribution >= 4 is 23.4 Å². The first-order chi connectivity index (χ1) is 6.19. The van der Waals surface area contributed by atoms with Crippen molar-refractivity contribution in [2.24, 2.45) is 0 Å². The fourth-order valence-electron chi connectivity index (χ4n) is 0.851. The average molecular weight is 221 g/mol. The van der Waals surface area contributed by atoms with Gasteiger partial charge in [-0.15, -0.1) is 0 Å². The summed E-state index contributed by atoms with van der Waals surface area (Å²) in [6, 6.07) is 0. The zero-order chi connectivity index (χ0) is 9.84. The quantitative estimate of drug-likeness (QED) is 0.581. The Kier molecular flexibility index (Phi) is 3.77. The molecule has 0 amide bonds. The van der Waals surface area contributed by atoms with Crippen LogP contribution in [0.5, 0.6) is 0 Å². The summed E-state index contributed by atoms with van der Waals surface area (Å²) in [5.41, 5.74) is 0.0849. The molecule has 0 saturated carbocycles. The summed E-state index contributed by atoms with van der Waals surface area (Å²) in [6.07, 6.45) is 2.10. The first-order valence-corrected chi connectivity index (χ1v) is 5.23. The van der Waals surface area contributed by atoms with Crippen molar-refractivity contribution in [1.29, 1.82) is 0 Å². The van der Waals surface area contributed by atoms with Gasteiger partial charge in [0.15, 0.2) is 5.16 Å². The summed E-state index contributed by atoms with van der Waals surface area (Å²) >= 11 is 7.00. The molecular weight excluding hydrogens is 212 g/mol. The number of hydrogen-bond donors (Lipinski definition) is 2. The molecule has 13 heavy (non-hydrogen) atoms. The van der Waals surface area contributed by atoms with Crippen LogP contribution in [0, 0.1) is 0 Å². The van der Waals surface area contributed by atoms with Gasteiger partial charge in [-0.3, -0.25) is 4.79 Å². The lowest BCUT2D eigenvalue weighted by Crippen LogP contribution is -2.13. The predicted octanol–water partition coefficient (Wildman–Crippen LogP) is 0.680. The Hall–Kier alpha value is -0.520. The van der Waals surface area contributed by atoms with E-state index < -0.39 is 0 Å². The summed E-state index contributed by atoms with van der Waals surface area (Å²) < 4.78 is 0. The van der Waals surface area contributed by atoms with Gasteiger partial charge in [0.1, 0.15) is 5.02 Å². The van der Waals surface area contributed by atoms with E-state index in [4.69, 9.17) is 16.7 Å². The van der Waals surface area contributed by atoms with E-state index in [1.807, 2.05) is 0 Å². The van der Waals surface area contributed by atoms with Gasteiger partial charge >= 0.3 is 0 Å². The molecule has 2 N–H and O–H groups in total. The van der Waals surface area contributed by atoms with Crippen LogP contribution in [0.15, 0.2) is 9.95 Å². The van der Waals surface area contributed by atoms with E-state index >= 15 is 0 Å². The Morgan fingerprint density at radius 1 is 1.69 bits per heavy atom. The van der Waals surface area contributed by atoms with Crippen LogP contribution in [0.25, 0.3) is 0 Å². The minimum Gasteiger partial charge on any atom is -0.396 e. The molecule has 4 nitrogen and oxygen atoms in total. The highest BCUT2D eigenvalue weighted by Crippen LogP contribution is 2.12. The molecule has 0 unspecified atom stereocenters. The maximum absolute atomic E-state index is 11.2. The smallest absolute Gasteiger partial charge is 0.270 e. The summed E-state index contributed by atoms with van der Waals surface area (Å²) in [5.74, 6) is 0. The van der Waals surface area contributed by atoms with E-state index in [0.29, 0.717) is 17.3 Å². The van der Waals surface area contributed by atoms with E-state index in [1.54, 1.807) is 6.26 Å². The number of thioether (sulfide) groups is 1. The third kappa shape index (κ3) is 2.46. The third-order valence-corrected chi connectivity index (χ3v) is 2.42. The Bertz CT molecular complexity index is 353. The van der Waals surface area contributed by atoms with Gasteiger partial charge in [-0.25, -0.2) is 4.98 Å². The number of rotatable bonds is 3. The van der Waals surface area contributed by atoms with E-state index in [2.05, 4.69) is 9.97 Å². The van der Waals surface area contributed by atoms with Crippen molar-refractivity contribution in [3.8, 4) is 0 Å². The summed E-state index contributed by atoms with van der Waals surface area (Å²) in [6.45, 7) is -0.0655. The number of nitrogens with one attached hydrogen (secondary N) is 1. The monoisotopic (exact) mass is 220 g/mol. The molecule has 1 aromatic heterocycles. The second-order valence-corrected chi connectivity index (χ2v) is 3.48. The molecule has 6 heteroatoms. The first-order valence-electron chi connectivity index (χ1n) is 3.62. The number of aromatic amines is 1. The van der Waals surface area contributed by atoms with Crippen molar-refractivity contribution < 1.29 is 5.11 Å². The van der Waals surface area contributed by atoms with Crippen LogP contribution < -0.4 is 5.56 Å². The fraction of sp³-hybridized carbons (Fsp3) is 0.429. The molecule has 0 bridgehead atoms. The number of aliphatic hydroxyl groups is 1. The van der Waals surface area contributed by atoms with Crippen LogP contribution >= 0.6 is 23.4 Å². The molecule has 0 spiro atoms. The number of aromatic nitrogens is 2. The van der Waals surface area contributed by atoms with Crippen LogP contribution in [0.1, 0.15) is 5.69 Å². The second-order valence-electron chi connectivity index (χ2n) is 2.31. The Morgan fingerprint density at radius 2 is 2.38 bits per heavy atom.